The molecule has 0 aliphatic carbocycles. The topological polar surface area (TPSA) is 54.7 Å². The number of aromatic nitrogens is 1. The van der Waals surface area contributed by atoms with Crippen molar-refractivity contribution in [1.82, 2.24) is 9.47 Å². The van der Waals surface area contributed by atoms with Crippen molar-refractivity contribution < 1.29 is 9.84 Å². The molecule has 2 aliphatic rings. The molecule has 1 aromatic heterocycles. The van der Waals surface area contributed by atoms with Crippen LogP contribution < -0.4 is 10.3 Å². The van der Waals surface area contributed by atoms with Crippen molar-refractivity contribution in [3.05, 3.63) is 56.4 Å². The molecule has 0 radical (unpaired) electrons. The molecule has 4 rings (SSSR count). The van der Waals surface area contributed by atoms with E-state index in [1.165, 1.54) is 0 Å². The molecule has 2 bridgehead atoms. The molecule has 2 aliphatic heterocycles. The molecule has 1 aromatic carbocycles. The Morgan fingerprint density at radius 3 is 2.92 bits per heavy atom. The number of ether oxygens (including phenoxy) is 1. The number of hydrogen-bond donors (Lipinski definition) is 1. The van der Waals surface area contributed by atoms with Crippen molar-refractivity contribution in [1.29, 1.82) is 0 Å². The highest BCUT2D eigenvalue weighted by molar-refractivity contribution is 9.10. The molecule has 1 fully saturated rings. The van der Waals surface area contributed by atoms with Crippen LogP contribution in [0.4, 0.5) is 0 Å². The standard InChI is InChI=1S/C19H21BrN2O3/c1-25-18-7-15(20)13(6-17(18)23)10-21-8-12-5-14(11-21)16-3-2-4-19(24)22(16)9-12/h2-4,6-7,12,14,23H,5,8-11H2,1H3/t12-,14+/m0/s1. The minimum Gasteiger partial charge on any atom is -0.504 e. The zero-order valence-electron chi connectivity index (χ0n) is 14.1. The molecule has 6 heteroatoms. The lowest BCUT2D eigenvalue weighted by Gasteiger charge is -2.42. The third-order valence-corrected chi connectivity index (χ3v) is 6.04. The Kier molecular flexibility index (Phi) is 4.33. The summed E-state index contributed by atoms with van der Waals surface area (Å²) < 4.78 is 8.04. The van der Waals surface area contributed by atoms with Crippen LogP contribution in [0, 0.1) is 5.92 Å². The fourth-order valence-corrected chi connectivity index (χ4v) is 4.68. The summed E-state index contributed by atoms with van der Waals surface area (Å²) in [5.74, 6) is 1.53. The van der Waals surface area contributed by atoms with Crippen molar-refractivity contribution in [2.45, 2.75) is 25.4 Å². The summed E-state index contributed by atoms with van der Waals surface area (Å²) in [7, 11) is 1.55. The van der Waals surface area contributed by atoms with Gasteiger partial charge in [0.1, 0.15) is 0 Å². The molecule has 0 spiro atoms. The predicted molar refractivity (Wildman–Crippen MR) is 99.2 cm³/mol. The van der Waals surface area contributed by atoms with E-state index in [2.05, 4.69) is 26.9 Å². The summed E-state index contributed by atoms with van der Waals surface area (Å²) in [6.07, 6.45) is 1.15. The molecule has 25 heavy (non-hydrogen) atoms. The zero-order chi connectivity index (χ0) is 17.6. The van der Waals surface area contributed by atoms with E-state index in [0.717, 1.165) is 48.3 Å². The number of methoxy groups -OCH3 is 1. The quantitative estimate of drug-likeness (QED) is 0.854. The first-order chi connectivity index (χ1) is 12.0. The molecular formula is C19H21BrN2O3. The van der Waals surface area contributed by atoms with Gasteiger partial charge in [-0.25, -0.2) is 0 Å². The molecule has 1 saturated heterocycles. The molecule has 0 amide bonds. The molecule has 2 aromatic rings. The van der Waals surface area contributed by atoms with E-state index in [0.29, 0.717) is 17.6 Å². The van der Waals surface area contributed by atoms with Crippen LogP contribution >= 0.6 is 15.9 Å². The Morgan fingerprint density at radius 1 is 1.28 bits per heavy atom. The average molecular weight is 405 g/mol. The first-order valence-corrected chi connectivity index (χ1v) is 9.32. The normalized spacial score (nSPS) is 22.5. The highest BCUT2D eigenvalue weighted by Gasteiger charge is 2.34. The minimum absolute atomic E-state index is 0.114. The second-order valence-corrected chi connectivity index (χ2v) is 7.86. The summed E-state index contributed by atoms with van der Waals surface area (Å²) >= 11 is 3.58. The smallest absolute Gasteiger partial charge is 0.250 e. The lowest BCUT2D eigenvalue weighted by molar-refractivity contribution is 0.114. The SMILES string of the molecule is COc1cc(Br)c(CN2C[C@@H]3C[C@H](C2)c2cccc(=O)n2C3)cc1O. The summed E-state index contributed by atoms with van der Waals surface area (Å²) in [5.41, 5.74) is 2.32. The average Bonchev–Trinajstić information content (AvgIpc) is 2.59. The van der Waals surface area contributed by atoms with E-state index in [1.54, 1.807) is 19.2 Å². The Balaban J connectivity index is 1.57. The third-order valence-electron chi connectivity index (χ3n) is 5.30. The van der Waals surface area contributed by atoms with Crippen molar-refractivity contribution in [3.8, 4) is 11.5 Å². The Hall–Kier alpha value is -1.79. The van der Waals surface area contributed by atoms with Gasteiger partial charge in [0.2, 0.25) is 0 Å². The number of aromatic hydroxyl groups is 1. The maximum absolute atomic E-state index is 12.1. The first kappa shape index (κ1) is 16.7. The van der Waals surface area contributed by atoms with E-state index in [-0.39, 0.29) is 11.3 Å². The lowest BCUT2D eigenvalue weighted by atomic mass is 9.83. The molecule has 132 valence electrons. The number of benzene rings is 1. The fraction of sp³-hybridized carbons (Fsp3) is 0.421. The second kappa shape index (κ2) is 6.50. The molecule has 3 heterocycles. The van der Waals surface area contributed by atoms with Crippen LogP contribution in [0.2, 0.25) is 0 Å². The van der Waals surface area contributed by atoms with Crippen LogP contribution in [-0.2, 0) is 13.1 Å². The van der Waals surface area contributed by atoms with Crippen molar-refractivity contribution in [2.24, 2.45) is 5.92 Å². The first-order valence-electron chi connectivity index (χ1n) is 8.52. The summed E-state index contributed by atoms with van der Waals surface area (Å²) in [6, 6.07) is 9.18. The maximum atomic E-state index is 12.1. The Labute approximate surface area is 155 Å². The van der Waals surface area contributed by atoms with Gasteiger partial charge in [-0.05, 0) is 36.1 Å². The highest BCUT2D eigenvalue weighted by atomic mass is 79.9. The van der Waals surface area contributed by atoms with E-state index in [9.17, 15) is 9.90 Å². The van der Waals surface area contributed by atoms with Gasteiger partial charge in [-0.2, -0.15) is 0 Å². The van der Waals surface area contributed by atoms with Crippen molar-refractivity contribution in [3.63, 3.8) is 0 Å². The molecule has 2 atom stereocenters. The molecule has 1 N–H and O–H groups in total. The van der Waals surface area contributed by atoms with Crippen molar-refractivity contribution >= 4 is 15.9 Å². The van der Waals surface area contributed by atoms with Gasteiger partial charge in [0.15, 0.2) is 11.5 Å². The monoisotopic (exact) mass is 404 g/mol. The van der Waals surface area contributed by atoms with E-state index in [4.69, 9.17) is 4.74 Å². The van der Waals surface area contributed by atoms with Gasteiger partial charge in [-0.1, -0.05) is 22.0 Å². The summed E-state index contributed by atoms with van der Waals surface area (Å²) in [4.78, 5) is 14.5. The summed E-state index contributed by atoms with van der Waals surface area (Å²) in [5, 5.41) is 10.1. The number of pyridine rings is 1. The lowest BCUT2D eigenvalue weighted by Crippen LogP contribution is -2.46. The van der Waals surface area contributed by atoms with Gasteiger partial charge in [0.25, 0.3) is 5.56 Å². The zero-order valence-corrected chi connectivity index (χ0v) is 15.7. The van der Waals surface area contributed by atoms with E-state index < -0.39 is 0 Å². The number of nitrogens with zero attached hydrogens (tertiary/aromatic N) is 2. The van der Waals surface area contributed by atoms with Crippen LogP contribution in [0.15, 0.2) is 39.6 Å². The summed E-state index contributed by atoms with van der Waals surface area (Å²) in [6.45, 7) is 3.47. The highest BCUT2D eigenvalue weighted by Crippen LogP contribution is 2.37. The largest absolute Gasteiger partial charge is 0.504 e. The van der Waals surface area contributed by atoms with Gasteiger partial charge in [0, 0.05) is 48.3 Å². The van der Waals surface area contributed by atoms with Crippen molar-refractivity contribution in [2.75, 3.05) is 20.2 Å². The Bertz CT molecular complexity index is 864. The number of fused-ring (bicyclic) bond motifs is 4. The van der Waals surface area contributed by atoms with Crippen LogP contribution in [0.3, 0.4) is 0 Å². The van der Waals surface area contributed by atoms with Gasteiger partial charge in [0.05, 0.1) is 7.11 Å². The number of piperidine rings is 1. The van der Waals surface area contributed by atoms with Gasteiger partial charge in [-0.15, -0.1) is 0 Å². The predicted octanol–water partition coefficient (Wildman–Crippen LogP) is 2.94. The Morgan fingerprint density at radius 2 is 2.12 bits per heavy atom. The van der Waals surface area contributed by atoms with Gasteiger partial charge in [-0.3, -0.25) is 9.69 Å². The van der Waals surface area contributed by atoms with Crippen LogP contribution in [0.1, 0.15) is 23.6 Å². The maximum Gasteiger partial charge on any atom is 0.250 e. The number of likely N-dealkylation sites (tertiary alicyclic amines) is 1. The second-order valence-electron chi connectivity index (χ2n) is 7.01. The number of halogens is 1. The molecular weight excluding hydrogens is 384 g/mol. The van der Waals surface area contributed by atoms with Crippen LogP contribution in [-0.4, -0.2) is 34.8 Å². The molecule has 0 saturated carbocycles. The third kappa shape index (κ3) is 3.09. The fourth-order valence-electron chi connectivity index (χ4n) is 4.24. The van der Waals surface area contributed by atoms with Gasteiger partial charge < -0.3 is 14.4 Å². The molecule has 5 nitrogen and oxygen atoms in total. The van der Waals surface area contributed by atoms with E-state index in [1.807, 2.05) is 16.7 Å². The van der Waals surface area contributed by atoms with Crippen LogP contribution in [0.25, 0.3) is 0 Å². The van der Waals surface area contributed by atoms with Crippen LogP contribution in [0.5, 0.6) is 11.5 Å². The molecule has 0 unspecified atom stereocenters. The number of phenols is 1. The minimum atomic E-state index is 0.114. The van der Waals surface area contributed by atoms with Gasteiger partial charge >= 0.3 is 0 Å². The number of phenolic OH excluding ortho intramolecular Hbond substituents is 1. The number of hydrogen-bond acceptors (Lipinski definition) is 4. The van der Waals surface area contributed by atoms with E-state index >= 15 is 0 Å². The number of rotatable bonds is 3.